The van der Waals surface area contributed by atoms with E-state index in [1.165, 1.54) is 0 Å². The summed E-state index contributed by atoms with van der Waals surface area (Å²) < 4.78 is 0. The van der Waals surface area contributed by atoms with Crippen LogP contribution < -0.4 is 11.1 Å². The van der Waals surface area contributed by atoms with Crippen LogP contribution in [-0.4, -0.2) is 16.9 Å². The first-order chi connectivity index (χ1) is 11.0. The van der Waals surface area contributed by atoms with Crippen molar-refractivity contribution in [3.05, 3.63) is 51.3 Å². The molecule has 0 radical (unpaired) electrons. The summed E-state index contributed by atoms with van der Waals surface area (Å²) in [5, 5.41) is 4.03. The molecular weight excluding hydrogens is 333 g/mol. The van der Waals surface area contributed by atoms with Gasteiger partial charge in [-0.15, -0.1) is 0 Å². The Bertz CT molecular complexity index is 773. The van der Waals surface area contributed by atoms with Crippen molar-refractivity contribution in [1.29, 1.82) is 0 Å². The first kappa shape index (κ1) is 16.2. The molecule has 120 valence electrons. The van der Waals surface area contributed by atoms with Crippen LogP contribution in [0, 0.1) is 6.92 Å². The Morgan fingerprint density at radius 1 is 1.30 bits per heavy atom. The van der Waals surface area contributed by atoms with E-state index < -0.39 is 0 Å². The molecule has 3 rings (SSSR count). The first-order valence-corrected chi connectivity index (χ1v) is 8.22. The number of nitrogens with zero attached hydrogens (tertiary/aromatic N) is 1. The summed E-state index contributed by atoms with van der Waals surface area (Å²) in [5.41, 5.74) is 9.48. The Morgan fingerprint density at radius 3 is 2.65 bits per heavy atom. The highest BCUT2D eigenvalue weighted by Crippen LogP contribution is 2.34. The Morgan fingerprint density at radius 2 is 2.04 bits per heavy atom. The van der Waals surface area contributed by atoms with Gasteiger partial charge in [-0.25, -0.2) is 4.98 Å². The van der Waals surface area contributed by atoms with Gasteiger partial charge in [0.15, 0.2) is 0 Å². The SMILES string of the molecule is Cc1nc(C(=O)NC2CC2)cc(-c2ccc(Cl)cc2Cl)c1CN. The van der Waals surface area contributed by atoms with Crippen molar-refractivity contribution in [3.8, 4) is 11.1 Å². The highest BCUT2D eigenvalue weighted by Gasteiger charge is 2.25. The van der Waals surface area contributed by atoms with Gasteiger partial charge >= 0.3 is 0 Å². The number of aromatic nitrogens is 1. The lowest BCUT2D eigenvalue weighted by molar-refractivity contribution is 0.0946. The molecule has 0 bridgehead atoms. The summed E-state index contributed by atoms with van der Waals surface area (Å²) in [6, 6.07) is 7.31. The normalized spacial score (nSPS) is 13.9. The summed E-state index contributed by atoms with van der Waals surface area (Å²) in [7, 11) is 0. The Balaban J connectivity index is 2.09. The average molecular weight is 350 g/mol. The van der Waals surface area contributed by atoms with Gasteiger partial charge in [0, 0.05) is 33.9 Å². The zero-order chi connectivity index (χ0) is 16.6. The van der Waals surface area contributed by atoms with Crippen LogP contribution in [0.3, 0.4) is 0 Å². The third-order valence-electron chi connectivity index (χ3n) is 3.90. The highest BCUT2D eigenvalue weighted by atomic mass is 35.5. The second kappa shape index (κ2) is 6.48. The van der Waals surface area contributed by atoms with Crippen molar-refractivity contribution in [1.82, 2.24) is 10.3 Å². The maximum absolute atomic E-state index is 12.3. The zero-order valence-electron chi connectivity index (χ0n) is 12.7. The molecule has 1 aliphatic carbocycles. The number of pyridine rings is 1. The fourth-order valence-electron chi connectivity index (χ4n) is 2.51. The lowest BCUT2D eigenvalue weighted by Crippen LogP contribution is -2.26. The molecule has 1 fully saturated rings. The Hall–Kier alpha value is -1.62. The van der Waals surface area contributed by atoms with Crippen LogP contribution >= 0.6 is 23.2 Å². The van der Waals surface area contributed by atoms with Crippen LogP contribution in [0.25, 0.3) is 11.1 Å². The molecule has 3 N–H and O–H groups in total. The molecule has 0 spiro atoms. The van der Waals surface area contributed by atoms with Gasteiger partial charge in [0.1, 0.15) is 5.69 Å². The Kier molecular flexibility index (Phi) is 4.57. The van der Waals surface area contributed by atoms with Crippen LogP contribution in [0.1, 0.15) is 34.6 Å². The van der Waals surface area contributed by atoms with Crippen molar-refractivity contribution in [2.45, 2.75) is 32.4 Å². The minimum Gasteiger partial charge on any atom is -0.348 e. The molecule has 0 saturated heterocycles. The summed E-state index contributed by atoms with van der Waals surface area (Å²) in [4.78, 5) is 16.7. The number of aryl methyl sites for hydroxylation is 1. The number of hydrogen-bond donors (Lipinski definition) is 2. The number of benzene rings is 1. The van der Waals surface area contributed by atoms with Gasteiger partial charge < -0.3 is 11.1 Å². The molecule has 2 aromatic rings. The molecule has 6 heteroatoms. The van der Waals surface area contributed by atoms with Crippen molar-refractivity contribution >= 4 is 29.1 Å². The fraction of sp³-hybridized carbons (Fsp3) is 0.294. The van der Waals surface area contributed by atoms with Gasteiger partial charge in [-0.1, -0.05) is 29.3 Å². The lowest BCUT2D eigenvalue weighted by Gasteiger charge is -2.14. The van der Waals surface area contributed by atoms with Crippen LogP contribution in [0.15, 0.2) is 24.3 Å². The van der Waals surface area contributed by atoms with Crippen LogP contribution in [0.5, 0.6) is 0 Å². The number of halogens is 2. The van der Waals surface area contributed by atoms with E-state index in [0.29, 0.717) is 22.3 Å². The van der Waals surface area contributed by atoms with Crippen molar-refractivity contribution < 1.29 is 4.79 Å². The molecule has 0 unspecified atom stereocenters. The first-order valence-electron chi connectivity index (χ1n) is 7.46. The molecule has 1 aromatic heterocycles. The number of carbonyl (C=O) groups is 1. The summed E-state index contributed by atoms with van der Waals surface area (Å²) in [5.74, 6) is -0.162. The lowest BCUT2D eigenvalue weighted by atomic mass is 9.98. The predicted octanol–water partition coefficient (Wildman–Crippen LogP) is 3.71. The monoisotopic (exact) mass is 349 g/mol. The van der Waals surface area contributed by atoms with E-state index in [2.05, 4.69) is 10.3 Å². The van der Waals surface area contributed by atoms with E-state index in [9.17, 15) is 4.79 Å². The molecule has 1 aliphatic rings. The molecule has 0 atom stereocenters. The molecule has 4 nitrogen and oxygen atoms in total. The minimum atomic E-state index is -0.162. The van der Waals surface area contributed by atoms with Crippen LogP contribution in [0.4, 0.5) is 0 Å². The number of nitrogens with two attached hydrogens (primary N) is 1. The molecule has 1 saturated carbocycles. The number of hydrogen-bond acceptors (Lipinski definition) is 3. The van der Waals surface area contributed by atoms with Gasteiger partial charge in [0.05, 0.1) is 0 Å². The summed E-state index contributed by atoms with van der Waals surface area (Å²) >= 11 is 12.3. The second-order valence-electron chi connectivity index (χ2n) is 5.70. The van der Waals surface area contributed by atoms with Gasteiger partial charge in [-0.05, 0) is 49.1 Å². The van der Waals surface area contributed by atoms with E-state index in [4.69, 9.17) is 28.9 Å². The van der Waals surface area contributed by atoms with E-state index >= 15 is 0 Å². The molecular formula is C17H17Cl2N3O. The molecule has 1 amide bonds. The van der Waals surface area contributed by atoms with E-state index in [1.807, 2.05) is 13.0 Å². The maximum atomic E-state index is 12.3. The smallest absolute Gasteiger partial charge is 0.270 e. The number of carbonyl (C=O) groups excluding carboxylic acids is 1. The molecule has 23 heavy (non-hydrogen) atoms. The fourth-order valence-corrected chi connectivity index (χ4v) is 3.02. The standard InChI is InChI=1S/C17H17Cl2N3O/c1-9-14(8-20)13(12-5-2-10(18)6-15(12)19)7-16(21-9)17(23)22-11-3-4-11/h2,5-7,11H,3-4,8,20H2,1H3,(H,22,23). The largest absolute Gasteiger partial charge is 0.348 e. The zero-order valence-corrected chi connectivity index (χ0v) is 14.2. The van der Waals surface area contributed by atoms with Crippen LogP contribution in [-0.2, 0) is 6.54 Å². The van der Waals surface area contributed by atoms with Gasteiger partial charge in [-0.3, -0.25) is 4.79 Å². The van der Waals surface area contributed by atoms with Crippen molar-refractivity contribution in [3.63, 3.8) is 0 Å². The van der Waals surface area contributed by atoms with E-state index in [0.717, 1.165) is 35.2 Å². The summed E-state index contributed by atoms with van der Waals surface area (Å²) in [6.07, 6.45) is 2.06. The average Bonchev–Trinajstić information content (AvgIpc) is 3.30. The number of rotatable bonds is 4. The number of nitrogens with one attached hydrogen (secondary N) is 1. The predicted molar refractivity (Wildman–Crippen MR) is 92.8 cm³/mol. The van der Waals surface area contributed by atoms with Crippen LogP contribution in [0.2, 0.25) is 10.0 Å². The second-order valence-corrected chi connectivity index (χ2v) is 6.54. The molecule has 0 aliphatic heterocycles. The Labute approximate surface area is 145 Å². The molecule has 1 heterocycles. The van der Waals surface area contributed by atoms with Gasteiger partial charge in [-0.2, -0.15) is 0 Å². The van der Waals surface area contributed by atoms with Gasteiger partial charge in [0.2, 0.25) is 0 Å². The molecule has 1 aromatic carbocycles. The summed E-state index contributed by atoms with van der Waals surface area (Å²) in [6.45, 7) is 2.17. The van der Waals surface area contributed by atoms with Crippen molar-refractivity contribution in [2.75, 3.05) is 0 Å². The maximum Gasteiger partial charge on any atom is 0.270 e. The van der Waals surface area contributed by atoms with Gasteiger partial charge in [0.25, 0.3) is 5.91 Å². The highest BCUT2D eigenvalue weighted by molar-refractivity contribution is 6.36. The van der Waals surface area contributed by atoms with E-state index in [-0.39, 0.29) is 11.9 Å². The number of amides is 1. The van der Waals surface area contributed by atoms with E-state index in [1.54, 1.807) is 18.2 Å². The third kappa shape index (κ3) is 3.50. The van der Waals surface area contributed by atoms with Crippen molar-refractivity contribution in [2.24, 2.45) is 5.73 Å². The minimum absolute atomic E-state index is 0.162. The quantitative estimate of drug-likeness (QED) is 0.883. The topological polar surface area (TPSA) is 68.0 Å². The third-order valence-corrected chi connectivity index (χ3v) is 4.45.